The summed E-state index contributed by atoms with van der Waals surface area (Å²) in [5, 5.41) is 0. The second kappa shape index (κ2) is 6.74. The van der Waals surface area contributed by atoms with Crippen LogP contribution < -0.4 is 10.6 Å². The minimum absolute atomic E-state index is 0.676. The molecule has 18 heavy (non-hydrogen) atoms. The van der Waals surface area contributed by atoms with Gasteiger partial charge in [-0.05, 0) is 50.3 Å². The third-order valence-corrected chi connectivity index (χ3v) is 3.80. The van der Waals surface area contributed by atoms with E-state index in [0.29, 0.717) is 12.6 Å². The quantitative estimate of drug-likeness (QED) is 0.870. The van der Waals surface area contributed by atoms with Crippen molar-refractivity contribution in [3.63, 3.8) is 0 Å². The summed E-state index contributed by atoms with van der Waals surface area (Å²) in [6.45, 7) is 4.12. The summed E-state index contributed by atoms with van der Waals surface area (Å²) in [5.74, 6) is 1.18. The van der Waals surface area contributed by atoms with E-state index in [0.717, 1.165) is 13.0 Å². The van der Waals surface area contributed by atoms with Gasteiger partial charge in [-0.1, -0.05) is 19.4 Å². The topological polar surface area (TPSA) is 42.2 Å². The van der Waals surface area contributed by atoms with Crippen molar-refractivity contribution in [1.29, 1.82) is 0 Å². The van der Waals surface area contributed by atoms with E-state index in [4.69, 9.17) is 5.73 Å². The van der Waals surface area contributed by atoms with E-state index >= 15 is 0 Å². The Hall–Kier alpha value is -1.09. The summed E-state index contributed by atoms with van der Waals surface area (Å²) < 4.78 is 0. The van der Waals surface area contributed by atoms with Crippen LogP contribution in [0.1, 0.15) is 44.6 Å². The van der Waals surface area contributed by atoms with Gasteiger partial charge in [0.2, 0.25) is 0 Å². The summed E-state index contributed by atoms with van der Waals surface area (Å²) >= 11 is 0. The molecule has 1 aliphatic heterocycles. The van der Waals surface area contributed by atoms with Gasteiger partial charge < -0.3 is 10.6 Å². The van der Waals surface area contributed by atoms with Crippen molar-refractivity contribution in [2.75, 3.05) is 18.0 Å². The number of nitrogens with zero attached hydrogens (tertiary/aromatic N) is 2. The highest BCUT2D eigenvalue weighted by Crippen LogP contribution is 2.28. The van der Waals surface area contributed by atoms with E-state index in [9.17, 15) is 0 Å². The van der Waals surface area contributed by atoms with Crippen LogP contribution in [-0.4, -0.2) is 24.1 Å². The summed E-state index contributed by atoms with van der Waals surface area (Å²) in [4.78, 5) is 7.15. The first kappa shape index (κ1) is 13.3. The van der Waals surface area contributed by atoms with Crippen LogP contribution in [0.3, 0.4) is 0 Å². The van der Waals surface area contributed by atoms with Gasteiger partial charge in [0, 0.05) is 18.8 Å². The van der Waals surface area contributed by atoms with Crippen molar-refractivity contribution in [2.24, 2.45) is 5.73 Å². The van der Waals surface area contributed by atoms with E-state index in [1.165, 1.54) is 43.5 Å². The summed E-state index contributed by atoms with van der Waals surface area (Å²) in [6.07, 6.45) is 9.33. The first-order valence-corrected chi connectivity index (χ1v) is 7.27. The molecule has 1 fully saturated rings. The molecule has 0 bridgehead atoms. The molecule has 0 saturated carbocycles. The molecule has 0 aliphatic carbocycles. The van der Waals surface area contributed by atoms with Gasteiger partial charge >= 0.3 is 0 Å². The van der Waals surface area contributed by atoms with Crippen LogP contribution in [0.15, 0.2) is 18.3 Å². The number of hydrogen-bond acceptors (Lipinski definition) is 3. The van der Waals surface area contributed by atoms with Crippen molar-refractivity contribution in [3.8, 4) is 0 Å². The van der Waals surface area contributed by atoms with E-state index < -0.39 is 0 Å². The zero-order valence-corrected chi connectivity index (χ0v) is 11.4. The molecule has 0 aromatic carbocycles. The molecule has 3 nitrogen and oxygen atoms in total. The highest BCUT2D eigenvalue weighted by molar-refractivity contribution is 5.48. The molecular weight excluding hydrogens is 222 g/mol. The maximum absolute atomic E-state index is 5.71. The predicted molar refractivity (Wildman–Crippen MR) is 76.9 cm³/mol. The third kappa shape index (κ3) is 3.02. The summed E-state index contributed by atoms with van der Waals surface area (Å²) in [6, 6.07) is 4.87. The highest BCUT2D eigenvalue weighted by atomic mass is 15.2. The zero-order valence-electron chi connectivity index (χ0n) is 11.4. The van der Waals surface area contributed by atoms with Gasteiger partial charge in [0.05, 0.1) is 0 Å². The van der Waals surface area contributed by atoms with Crippen LogP contribution >= 0.6 is 0 Å². The molecule has 2 N–H and O–H groups in total. The number of rotatable bonds is 5. The molecular formula is C15H25N3. The first-order chi connectivity index (χ1) is 8.86. The smallest absolute Gasteiger partial charge is 0.131 e. The molecule has 1 atom stereocenters. The Bertz CT molecular complexity index is 363. The van der Waals surface area contributed by atoms with Crippen molar-refractivity contribution >= 4 is 5.82 Å². The molecule has 2 rings (SSSR count). The molecule has 0 spiro atoms. The van der Waals surface area contributed by atoms with Crippen molar-refractivity contribution in [2.45, 2.75) is 51.5 Å². The first-order valence-electron chi connectivity index (χ1n) is 7.27. The molecule has 1 aromatic heterocycles. The van der Waals surface area contributed by atoms with Crippen LogP contribution in [-0.2, 0) is 6.42 Å². The lowest BCUT2D eigenvalue weighted by Crippen LogP contribution is -2.40. The fraction of sp³-hybridized carbons (Fsp3) is 0.667. The van der Waals surface area contributed by atoms with Gasteiger partial charge in [-0.25, -0.2) is 4.98 Å². The Morgan fingerprint density at radius 1 is 1.44 bits per heavy atom. The van der Waals surface area contributed by atoms with Crippen LogP contribution in [0.5, 0.6) is 0 Å². The maximum Gasteiger partial charge on any atom is 0.131 e. The molecule has 1 unspecified atom stereocenters. The van der Waals surface area contributed by atoms with Crippen LogP contribution in [0, 0.1) is 0 Å². The number of nitrogens with two attached hydrogens (primary N) is 1. The molecule has 0 radical (unpaired) electrons. The van der Waals surface area contributed by atoms with Crippen LogP contribution in [0.25, 0.3) is 0 Å². The predicted octanol–water partition coefficient (Wildman–Crippen LogP) is 2.74. The number of piperidine rings is 1. The monoisotopic (exact) mass is 247 g/mol. The fourth-order valence-electron chi connectivity index (χ4n) is 2.95. The van der Waals surface area contributed by atoms with Gasteiger partial charge in [-0.3, -0.25) is 0 Å². The lowest BCUT2D eigenvalue weighted by Gasteiger charge is -2.37. The Kier molecular flexibility index (Phi) is 5.00. The van der Waals surface area contributed by atoms with Gasteiger partial charge in [-0.2, -0.15) is 0 Å². The van der Waals surface area contributed by atoms with Gasteiger partial charge in [-0.15, -0.1) is 0 Å². The number of pyridine rings is 1. The van der Waals surface area contributed by atoms with E-state index in [2.05, 4.69) is 22.9 Å². The molecule has 2 heterocycles. The lowest BCUT2D eigenvalue weighted by atomic mass is 9.97. The minimum atomic E-state index is 0.676. The third-order valence-electron chi connectivity index (χ3n) is 3.80. The largest absolute Gasteiger partial charge is 0.353 e. The molecule has 0 amide bonds. The van der Waals surface area contributed by atoms with Crippen molar-refractivity contribution in [3.05, 3.63) is 23.9 Å². The van der Waals surface area contributed by atoms with E-state index in [-0.39, 0.29) is 0 Å². The molecule has 100 valence electrons. The summed E-state index contributed by atoms with van der Waals surface area (Å²) in [5.41, 5.74) is 7.01. The lowest BCUT2D eigenvalue weighted by molar-refractivity contribution is 0.431. The standard InChI is InChI=1S/C15H25N3/c1-2-6-14-8-3-4-12-18(14)15-13(9-10-16)7-5-11-17-15/h5,7,11,14H,2-4,6,8-10,12,16H2,1H3. The van der Waals surface area contributed by atoms with Crippen molar-refractivity contribution < 1.29 is 0 Å². The molecule has 1 aromatic rings. The summed E-state index contributed by atoms with van der Waals surface area (Å²) in [7, 11) is 0. The van der Waals surface area contributed by atoms with Crippen molar-refractivity contribution in [1.82, 2.24) is 4.98 Å². The van der Waals surface area contributed by atoms with Gasteiger partial charge in [0.15, 0.2) is 0 Å². The SMILES string of the molecule is CCCC1CCCCN1c1ncccc1CCN. The van der Waals surface area contributed by atoms with Crippen LogP contribution in [0.4, 0.5) is 5.82 Å². The highest BCUT2D eigenvalue weighted by Gasteiger charge is 2.24. The van der Waals surface area contributed by atoms with Gasteiger partial charge in [0.1, 0.15) is 5.82 Å². The Morgan fingerprint density at radius 2 is 2.33 bits per heavy atom. The number of aromatic nitrogens is 1. The molecule has 3 heteroatoms. The minimum Gasteiger partial charge on any atom is -0.353 e. The second-order valence-corrected chi connectivity index (χ2v) is 5.16. The van der Waals surface area contributed by atoms with E-state index in [1.807, 2.05) is 12.3 Å². The Morgan fingerprint density at radius 3 is 3.11 bits per heavy atom. The average Bonchev–Trinajstić information content (AvgIpc) is 2.41. The van der Waals surface area contributed by atoms with Crippen LogP contribution in [0.2, 0.25) is 0 Å². The Labute approximate surface area is 110 Å². The average molecular weight is 247 g/mol. The molecule has 1 saturated heterocycles. The fourth-order valence-corrected chi connectivity index (χ4v) is 2.95. The number of hydrogen-bond donors (Lipinski definition) is 1. The number of anilines is 1. The zero-order chi connectivity index (χ0) is 12.8. The van der Waals surface area contributed by atoms with Gasteiger partial charge in [0.25, 0.3) is 0 Å². The Balaban J connectivity index is 2.21. The second-order valence-electron chi connectivity index (χ2n) is 5.16. The normalized spacial score (nSPS) is 20.1. The van der Waals surface area contributed by atoms with E-state index in [1.54, 1.807) is 0 Å². The maximum atomic E-state index is 5.71. The molecule has 1 aliphatic rings.